The van der Waals surface area contributed by atoms with Gasteiger partial charge in [0.25, 0.3) is 0 Å². The molecular formula is C11H13F4N. The van der Waals surface area contributed by atoms with Crippen molar-refractivity contribution in [3.05, 3.63) is 35.6 Å². The van der Waals surface area contributed by atoms with Gasteiger partial charge in [-0.1, -0.05) is 25.1 Å². The lowest BCUT2D eigenvalue weighted by Crippen LogP contribution is -2.32. The van der Waals surface area contributed by atoms with E-state index in [1.807, 2.05) is 0 Å². The lowest BCUT2D eigenvalue weighted by molar-refractivity contribution is -0.126. The summed E-state index contributed by atoms with van der Waals surface area (Å²) in [7, 11) is 0. The van der Waals surface area contributed by atoms with Crippen molar-refractivity contribution in [3.63, 3.8) is 0 Å². The van der Waals surface area contributed by atoms with E-state index in [2.05, 4.69) is 5.32 Å². The van der Waals surface area contributed by atoms with Crippen LogP contribution in [0.2, 0.25) is 0 Å². The molecule has 0 aliphatic rings. The van der Waals surface area contributed by atoms with Gasteiger partial charge in [-0.25, -0.2) is 4.39 Å². The zero-order valence-electron chi connectivity index (χ0n) is 8.81. The molecule has 0 saturated carbocycles. The molecule has 0 aromatic heterocycles. The molecular weight excluding hydrogens is 222 g/mol. The van der Waals surface area contributed by atoms with Gasteiger partial charge in [0.1, 0.15) is 5.82 Å². The molecule has 5 heteroatoms. The van der Waals surface area contributed by atoms with E-state index in [0.29, 0.717) is 6.42 Å². The third-order valence-electron chi connectivity index (χ3n) is 2.24. The molecule has 90 valence electrons. The fourth-order valence-corrected chi connectivity index (χ4v) is 1.47. The summed E-state index contributed by atoms with van der Waals surface area (Å²) in [5, 5.41) is 2.30. The van der Waals surface area contributed by atoms with Gasteiger partial charge in [-0.05, 0) is 12.5 Å². The topological polar surface area (TPSA) is 12.0 Å². The molecule has 1 aromatic carbocycles. The summed E-state index contributed by atoms with van der Waals surface area (Å²) in [5.41, 5.74) is 0.272. The number of rotatable bonds is 4. The standard InChI is InChI=1S/C11H13F4N/c1-2-10(16-7-11(13,14)15)8-5-3-4-6-9(8)12/h3-6,10,16H,2,7H2,1H3. The molecule has 0 aliphatic heterocycles. The highest BCUT2D eigenvalue weighted by Crippen LogP contribution is 2.21. The van der Waals surface area contributed by atoms with Crippen molar-refractivity contribution in [1.82, 2.24) is 5.32 Å². The SMILES string of the molecule is CCC(NCC(F)(F)F)c1ccccc1F. The molecule has 1 nitrogen and oxygen atoms in total. The Bertz CT molecular complexity index is 335. The lowest BCUT2D eigenvalue weighted by atomic mass is 10.0. The summed E-state index contributed by atoms with van der Waals surface area (Å²) in [4.78, 5) is 0. The minimum atomic E-state index is -4.28. The third-order valence-corrected chi connectivity index (χ3v) is 2.24. The zero-order valence-corrected chi connectivity index (χ0v) is 8.81. The van der Waals surface area contributed by atoms with Gasteiger partial charge in [-0.15, -0.1) is 0 Å². The first-order chi connectivity index (χ1) is 7.44. The van der Waals surface area contributed by atoms with E-state index in [4.69, 9.17) is 0 Å². The number of hydrogen-bond donors (Lipinski definition) is 1. The van der Waals surface area contributed by atoms with Crippen LogP contribution >= 0.6 is 0 Å². The first-order valence-corrected chi connectivity index (χ1v) is 4.98. The van der Waals surface area contributed by atoms with Crippen molar-refractivity contribution in [2.45, 2.75) is 25.6 Å². The molecule has 16 heavy (non-hydrogen) atoms. The van der Waals surface area contributed by atoms with Gasteiger partial charge < -0.3 is 5.32 Å². The molecule has 1 atom stereocenters. The van der Waals surface area contributed by atoms with Gasteiger partial charge in [0.2, 0.25) is 0 Å². The van der Waals surface area contributed by atoms with Crippen molar-refractivity contribution < 1.29 is 17.6 Å². The summed E-state index contributed by atoms with van der Waals surface area (Å²) < 4.78 is 49.4. The largest absolute Gasteiger partial charge is 0.401 e. The highest BCUT2D eigenvalue weighted by molar-refractivity contribution is 5.21. The maximum atomic E-state index is 13.3. The van der Waals surface area contributed by atoms with Crippen molar-refractivity contribution in [2.75, 3.05) is 6.54 Å². The second-order valence-electron chi connectivity index (χ2n) is 3.48. The monoisotopic (exact) mass is 235 g/mol. The molecule has 0 heterocycles. The van der Waals surface area contributed by atoms with Crippen LogP contribution in [0.3, 0.4) is 0 Å². The third kappa shape index (κ3) is 3.81. The number of alkyl halides is 3. The van der Waals surface area contributed by atoms with Crippen molar-refractivity contribution in [2.24, 2.45) is 0 Å². The molecule has 0 fully saturated rings. The molecule has 0 saturated heterocycles. The lowest BCUT2D eigenvalue weighted by Gasteiger charge is -2.19. The van der Waals surface area contributed by atoms with E-state index < -0.39 is 24.6 Å². The maximum absolute atomic E-state index is 13.3. The van der Waals surface area contributed by atoms with Crippen LogP contribution in [0.1, 0.15) is 24.9 Å². The predicted molar refractivity (Wildman–Crippen MR) is 53.5 cm³/mol. The molecule has 1 unspecified atom stereocenters. The normalized spacial score (nSPS) is 13.8. The van der Waals surface area contributed by atoms with Crippen LogP contribution in [0.5, 0.6) is 0 Å². The van der Waals surface area contributed by atoms with Crippen LogP contribution in [0, 0.1) is 5.82 Å². The van der Waals surface area contributed by atoms with Gasteiger partial charge in [-0.3, -0.25) is 0 Å². The maximum Gasteiger partial charge on any atom is 0.401 e. The summed E-state index contributed by atoms with van der Waals surface area (Å²) in [5.74, 6) is -0.482. The Balaban J connectivity index is 2.72. The average Bonchev–Trinajstić information content (AvgIpc) is 2.20. The summed E-state index contributed by atoms with van der Waals surface area (Å²) >= 11 is 0. The Labute approximate surface area is 91.5 Å². The Morgan fingerprint density at radius 3 is 2.38 bits per heavy atom. The number of benzene rings is 1. The quantitative estimate of drug-likeness (QED) is 0.788. The van der Waals surface area contributed by atoms with Crippen molar-refractivity contribution in [3.8, 4) is 0 Å². The van der Waals surface area contributed by atoms with E-state index in [1.54, 1.807) is 13.0 Å². The van der Waals surface area contributed by atoms with Gasteiger partial charge in [-0.2, -0.15) is 13.2 Å². The molecule has 1 rings (SSSR count). The minimum absolute atomic E-state index is 0.272. The summed E-state index contributed by atoms with van der Waals surface area (Å²) in [6.45, 7) is 0.598. The minimum Gasteiger partial charge on any atom is -0.302 e. The molecule has 0 radical (unpaired) electrons. The molecule has 0 aliphatic carbocycles. The Kier molecular flexibility index (Phi) is 4.29. The van der Waals surface area contributed by atoms with E-state index in [0.717, 1.165) is 0 Å². The van der Waals surface area contributed by atoms with E-state index >= 15 is 0 Å². The average molecular weight is 235 g/mol. The highest BCUT2D eigenvalue weighted by atomic mass is 19.4. The van der Waals surface area contributed by atoms with Crippen molar-refractivity contribution in [1.29, 1.82) is 0 Å². The molecule has 1 aromatic rings. The fourth-order valence-electron chi connectivity index (χ4n) is 1.47. The predicted octanol–water partition coefficient (Wildman–Crippen LogP) is 3.43. The number of hydrogen-bond acceptors (Lipinski definition) is 1. The second-order valence-corrected chi connectivity index (χ2v) is 3.48. The smallest absolute Gasteiger partial charge is 0.302 e. The zero-order chi connectivity index (χ0) is 12.2. The second kappa shape index (κ2) is 5.30. The van der Waals surface area contributed by atoms with Crippen LogP contribution < -0.4 is 5.32 Å². The fraction of sp³-hybridized carbons (Fsp3) is 0.455. The van der Waals surface area contributed by atoms with Gasteiger partial charge in [0, 0.05) is 11.6 Å². The Hall–Kier alpha value is -1.10. The first-order valence-electron chi connectivity index (χ1n) is 4.98. The Morgan fingerprint density at radius 2 is 1.88 bits per heavy atom. The summed E-state index contributed by atoms with van der Waals surface area (Å²) in [6, 6.07) is 5.24. The van der Waals surface area contributed by atoms with Gasteiger partial charge in [0.15, 0.2) is 0 Å². The number of halogens is 4. The molecule has 0 amide bonds. The van der Waals surface area contributed by atoms with Crippen molar-refractivity contribution >= 4 is 0 Å². The molecule has 0 spiro atoms. The Morgan fingerprint density at radius 1 is 1.25 bits per heavy atom. The van der Waals surface area contributed by atoms with Crippen LogP contribution in [0.15, 0.2) is 24.3 Å². The van der Waals surface area contributed by atoms with E-state index in [1.165, 1.54) is 18.2 Å². The first kappa shape index (κ1) is 13.0. The molecule has 0 bridgehead atoms. The van der Waals surface area contributed by atoms with E-state index in [-0.39, 0.29) is 5.56 Å². The van der Waals surface area contributed by atoms with E-state index in [9.17, 15) is 17.6 Å². The van der Waals surface area contributed by atoms with Gasteiger partial charge >= 0.3 is 6.18 Å². The highest BCUT2D eigenvalue weighted by Gasteiger charge is 2.28. The molecule has 1 N–H and O–H groups in total. The number of nitrogens with one attached hydrogen (secondary N) is 1. The van der Waals surface area contributed by atoms with Gasteiger partial charge in [0.05, 0.1) is 6.54 Å². The van der Waals surface area contributed by atoms with Crippen LogP contribution in [-0.4, -0.2) is 12.7 Å². The van der Waals surface area contributed by atoms with Crippen LogP contribution in [0.25, 0.3) is 0 Å². The van der Waals surface area contributed by atoms with Crippen LogP contribution in [-0.2, 0) is 0 Å². The summed E-state index contributed by atoms with van der Waals surface area (Å²) in [6.07, 6.45) is -3.88. The van der Waals surface area contributed by atoms with Crippen LogP contribution in [0.4, 0.5) is 17.6 Å².